The summed E-state index contributed by atoms with van der Waals surface area (Å²) in [6, 6.07) is 67.9. The molecule has 0 saturated carbocycles. The summed E-state index contributed by atoms with van der Waals surface area (Å²) in [5, 5.41) is 23.7. The monoisotopic (exact) mass is 753 g/mol. The summed E-state index contributed by atoms with van der Waals surface area (Å²) >= 11 is 0. The third-order valence-corrected chi connectivity index (χ3v) is 10.3. The van der Waals surface area contributed by atoms with Crippen molar-refractivity contribution in [3.63, 3.8) is 0 Å². The van der Waals surface area contributed by atoms with E-state index in [0.29, 0.717) is 30.6 Å². The largest absolute Gasteiger partial charge is 0.471 e. The van der Waals surface area contributed by atoms with E-state index in [1.54, 1.807) is 4.80 Å². The van der Waals surface area contributed by atoms with Gasteiger partial charge in [-0.05, 0) is 50.6 Å². The van der Waals surface area contributed by atoms with Gasteiger partial charge in [0.2, 0.25) is 11.7 Å². The molecule has 0 spiro atoms. The van der Waals surface area contributed by atoms with Gasteiger partial charge < -0.3 is 4.74 Å². The molecule has 0 N–H and O–H groups in total. The second-order valence-corrected chi connectivity index (χ2v) is 14.0. The predicted octanol–water partition coefficient (Wildman–Crippen LogP) is 10.1. The lowest BCUT2D eigenvalue weighted by atomic mass is 9.77. The van der Waals surface area contributed by atoms with E-state index in [-0.39, 0.29) is 0 Å². The summed E-state index contributed by atoms with van der Waals surface area (Å²) < 4.78 is 6.41. The number of benzene rings is 7. The van der Waals surface area contributed by atoms with Crippen LogP contribution in [0, 0.1) is 0 Å². The summed E-state index contributed by atoms with van der Waals surface area (Å²) in [6.45, 7) is 0.323. The molecular weight excluding hydrogens is 715 g/mol. The molecule has 0 radical (unpaired) electrons. The van der Waals surface area contributed by atoms with Crippen LogP contribution in [0.2, 0.25) is 0 Å². The quantitative estimate of drug-likeness (QED) is 0.108. The maximum atomic E-state index is 6.41. The number of aryl methyl sites for hydroxylation is 2. The van der Waals surface area contributed by atoms with Crippen LogP contribution in [0.4, 0.5) is 0 Å². The highest BCUT2D eigenvalue weighted by Gasteiger charge is 2.41. The maximum Gasteiger partial charge on any atom is 0.240 e. The average Bonchev–Trinajstić information content (AvgIpc) is 3.80. The molecule has 0 bridgehead atoms. The van der Waals surface area contributed by atoms with Gasteiger partial charge in [-0.3, -0.25) is 0 Å². The smallest absolute Gasteiger partial charge is 0.240 e. The fourth-order valence-electron chi connectivity index (χ4n) is 7.43. The molecule has 0 atom stereocenters. The molecule has 9 rings (SSSR count). The molecule has 7 aromatic carbocycles. The fraction of sp³-hybridized carbons (Fsp3) is 0.0800. The van der Waals surface area contributed by atoms with Gasteiger partial charge in [0.1, 0.15) is 12.3 Å². The molecule has 0 fully saturated rings. The number of tetrazole rings is 1. The minimum Gasteiger partial charge on any atom is -0.471 e. The molecule has 280 valence electrons. The van der Waals surface area contributed by atoms with Crippen molar-refractivity contribution < 1.29 is 4.74 Å². The molecule has 9 aromatic rings. The zero-order chi connectivity index (χ0) is 39.0. The Labute approximate surface area is 337 Å². The number of ether oxygens (including phenoxy) is 1. The van der Waals surface area contributed by atoms with Crippen LogP contribution in [0.1, 0.15) is 33.5 Å². The van der Waals surface area contributed by atoms with E-state index in [2.05, 4.69) is 125 Å². The first kappa shape index (κ1) is 36.1. The van der Waals surface area contributed by atoms with Crippen molar-refractivity contribution in [1.82, 2.24) is 35.4 Å². The van der Waals surface area contributed by atoms with Gasteiger partial charge in [0.15, 0.2) is 11.4 Å². The Hall–Kier alpha value is -7.58. The van der Waals surface area contributed by atoms with E-state index in [0.717, 1.165) is 56.6 Å². The third-order valence-electron chi connectivity index (χ3n) is 10.3. The highest BCUT2D eigenvalue weighted by Crippen LogP contribution is 2.40. The Kier molecular flexibility index (Phi) is 10.4. The lowest BCUT2D eigenvalue weighted by Crippen LogP contribution is -2.39. The first-order valence-corrected chi connectivity index (χ1v) is 19.4. The highest BCUT2D eigenvalue weighted by atomic mass is 16.5. The molecule has 58 heavy (non-hydrogen) atoms. The lowest BCUT2D eigenvalue weighted by Gasteiger charge is -2.34. The molecule has 8 nitrogen and oxygen atoms in total. The zero-order valence-corrected chi connectivity index (χ0v) is 31.7. The van der Waals surface area contributed by atoms with Crippen LogP contribution in [0.25, 0.3) is 33.9 Å². The first-order valence-electron chi connectivity index (χ1n) is 19.4. The minimum absolute atomic E-state index is 0.323. The Morgan fingerprint density at radius 2 is 0.966 bits per heavy atom. The molecule has 8 heteroatoms. The fourth-order valence-corrected chi connectivity index (χ4v) is 7.43. The molecule has 2 aromatic heterocycles. The SMILES string of the molecule is c1ccc(CCc2nnc(-c3ccccc3)nc2OCc2ccc(-c3ccccc3-c3nnn(C(c4ccccc4)(c4ccccc4)c4ccccc4)n3)cc2)cc1. The van der Waals surface area contributed by atoms with Crippen molar-refractivity contribution >= 4 is 0 Å². The third kappa shape index (κ3) is 7.39. The van der Waals surface area contributed by atoms with Gasteiger partial charge in [-0.1, -0.05) is 200 Å². The first-order chi connectivity index (χ1) is 28.8. The van der Waals surface area contributed by atoms with Crippen LogP contribution in [0.15, 0.2) is 200 Å². The van der Waals surface area contributed by atoms with E-state index in [1.807, 2.05) is 84.9 Å². The summed E-state index contributed by atoms with van der Waals surface area (Å²) in [5.41, 5.74) is 8.95. The van der Waals surface area contributed by atoms with Gasteiger partial charge in [-0.2, -0.15) is 4.98 Å². The van der Waals surface area contributed by atoms with Gasteiger partial charge >= 0.3 is 0 Å². The van der Waals surface area contributed by atoms with Crippen LogP contribution in [-0.2, 0) is 25.0 Å². The van der Waals surface area contributed by atoms with Crippen molar-refractivity contribution in [2.75, 3.05) is 0 Å². The van der Waals surface area contributed by atoms with Crippen LogP contribution in [0.3, 0.4) is 0 Å². The van der Waals surface area contributed by atoms with Gasteiger partial charge in [-0.15, -0.1) is 25.2 Å². The molecule has 0 aliphatic rings. The number of hydrogen-bond donors (Lipinski definition) is 0. The Morgan fingerprint density at radius 1 is 0.431 bits per heavy atom. The summed E-state index contributed by atoms with van der Waals surface area (Å²) in [5.74, 6) is 1.56. The van der Waals surface area contributed by atoms with Gasteiger partial charge in [-0.25, -0.2) is 0 Å². The highest BCUT2D eigenvalue weighted by molar-refractivity contribution is 5.80. The van der Waals surface area contributed by atoms with E-state index < -0.39 is 5.54 Å². The summed E-state index contributed by atoms with van der Waals surface area (Å²) in [4.78, 5) is 6.60. The maximum absolute atomic E-state index is 6.41. The van der Waals surface area contributed by atoms with E-state index in [1.165, 1.54) is 5.56 Å². The normalized spacial score (nSPS) is 11.3. The number of nitrogens with zero attached hydrogens (tertiary/aromatic N) is 7. The van der Waals surface area contributed by atoms with Gasteiger partial charge in [0, 0.05) is 17.5 Å². The van der Waals surface area contributed by atoms with Gasteiger partial charge in [0.25, 0.3) is 0 Å². The van der Waals surface area contributed by atoms with Crippen LogP contribution in [0.5, 0.6) is 5.88 Å². The van der Waals surface area contributed by atoms with Crippen molar-refractivity contribution in [2.24, 2.45) is 0 Å². The van der Waals surface area contributed by atoms with Crippen molar-refractivity contribution in [2.45, 2.75) is 25.0 Å². The number of hydrogen-bond acceptors (Lipinski definition) is 7. The van der Waals surface area contributed by atoms with Crippen LogP contribution < -0.4 is 4.74 Å². The molecule has 0 unspecified atom stereocenters. The average molecular weight is 754 g/mol. The van der Waals surface area contributed by atoms with Gasteiger partial charge in [0.05, 0.1) is 0 Å². The van der Waals surface area contributed by atoms with Crippen LogP contribution >= 0.6 is 0 Å². The Balaban J connectivity index is 1.01. The van der Waals surface area contributed by atoms with Crippen molar-refractivity contribution in [1.29, 1.82) is 0 Å². The minimum atomic E-state index is -0.867. The van der Waals surface area contributed by atoms with E-state index in [4.69, 9.17) is 25.1 Å². The molecule has 2 heterocycles. The predicted molar refractivity (Wildman–Crippen MR) is 227 cm³/mol. The Bertz CT molecular complexity index is 2610. The van der Waals surface area contributed by atoms with E-state index in [9.17, 15) is 0 Å². The lowest BCUT2D eigenvalue weighted by molar-refractivity contribution is 0.287. The molecule has 0 aliphatic heterocycles. The Morgan fingerprint density at radius 3 is 1.57 bits per heavy atom. The van der Waals surface area contributed by atoms with Crippen LogP contribution in [-0.4, -0.2) is 35.4 Å². The number of aromatic nitrogens is 7. The molecule has 0 saturated heterocycles. The number of rotatable bonds is 13. The topological polar surface area (TPSA) is 91.5 Å². The zero-order valence-electron chi connectivity index (χ0n) is 31.7. The standard InChI is InChI=1S/C50H39N7O/c1-6-18-37(19-7-1)32-35-46-49(51-47(53-52-46)40-20-8-2-9-21-40)58-36-38-30-33-39(34-31-38)44-28-16-17-29-45(44)48-54-56-57(55-48)50(41-22-10-3-11-23-41,42-24-12-4-13-25-42)43-26-14-5-15-27-43/h1-31,33-34H,32,35-36H2. The molecular formula is C50H39N7O. The molecule has 0 amide bonds. The summed E-state index contributed by atoms with van der Waals surface area (Å²) in [6.07, 6.45) is 1.46. The van der Waals surface area contributed by atoms with Crippen molar-refractivity contribution in [3.8, 4) is 39.8 Å². The van der Waals surface area contributed by atoms with E-state index >= 15 is 0 Å². The second-order valence-electron chi connectivity index (χ2n) is 14.0. The van der Waals surface area contributed by atoms with Crippen molar-refractivity contribution in [3.05, 3.63) is 234 Å². The molecule has 0 aliphatic carbocycles. The second kappa shape index (κ2) is 16.6. The summed E-state index contributed by atoms with van der Waals surface area (Å²) in [7, 11) is 0.